The molecular weight excluding hydrogens is 300 g/mol. The van der Waals surface area contributed by atoms with Crippen LogP contribution in [0.2, 0.25) is 5.02 Å². The topological polar surface area (TPSA) is 65.9 Å². The van der Waals surface area contributed by atoms with E-state index in [0.717, 1.165) is 25.7 Å². The molecule has 4 nitrogen and oxygen atoms in total. The van der Waals surface area contributed by atoms with Gasteiger partial charge in [0.2, 0.25) is 5.56 Å². The summed E-state index contributed by atoms with van der Waals surface area (Å²) in [4.78, 5) is 14.4. The predicted molar refractivity (Wildman–Crippen MR) is 85.1 cm³/mol. The van der Waals surface area contributed by atoms with E-state index >= 15 is 0 Å². The Kier molecular flexibility index (Phi) is 4.17. The van der Waals surface area contributed by atoms with Gasteiger partial charge in [-0.05, 0) is 43.9 Å². The van der Waals surface area contributed by atoms with Crippen LogP contribution in [0.25, 0.3) is 11.1 Å². The summed E-state index contributed by atoms with van der Waals surface area (Å²) in [7, 11) is 0. The first kappa shape index (κ1) is 14.7. The summed E-state index contributed by atoms with van der Waals surface area (Å²) in [5.74, 6) is 0.588. The number of halogens is 1. The molecular formula is C17H15ClN2O2. The fourth-order valence-electron chi connectivity index (χ4n) is 2.79. The first-order valence-electron chi connectivity index (χ1n) is 7.27. The molecule has 0 saturated heterocycles. The van der Waals surface area contributed by atoms with E-state index in [-0.39, 0.29) is 11.7 Å². The van der Waals surface area contributed by atoms with Crippen LogP contribution in [-0.2, 0) is 0 Å². The van der Waals surface area contributed by atoms with Crippen molar-refractivity contribution in [3.05, 3.63) is 51.4 Å². The van der Waals surface area contributed by atoms with E-state index in [1.807, 2.05) is 0 Å². The van der Waals surface area contributed by atoms with Gasteiger partial charge >= 0.3 is 0 Å². The molecule has 0 radical (unpaired) electrons. The molecule has 1 heterocycles. The monoisotopic (exact) mass is 314 g/mol. The number of rotatable bonds is 3. The van der Waals surface area contributed by atoms with E-state index in [4.69, 9.17) is 16.3 Å². The van der Waals surface area contributed by atoms with E-state index in [1.165, 1.54) is 6.07 Å². The zero-order valence-electron chi connectivity index (χ0n) is 11.9. The summed E-state index contributed by atoms with van der Waals surface area (Å²) in [6.45, 7) is 0. The lowest BCUT2D eigenvalue weighted by molar-refractivity contribution is 0.210. The number of hydrogen-bond acceptors (Lipinski definition) is 3. The van der Waals surface area contributed by atoms with E-state index in [1.54, 1.807) is 24.4 Å². The molecule has 0 amide bonds. The van der Waals surface area contributed by atoms with Crippen molar-refractivity contribution in [1.29, 1.82) is 5.26 Å². The number of H-pyrrole nitrogens is 1. The molecule has 1 aromatic heterocycles. The lowest BCUT2D eigenvalue weighted by Gasteiger charge is -2.16. The second kappa shape index (κ2) is 6.25. The Labute approximate surface area is 133 Å². The standard InChI is InChI=1S/C17H15ClN2O2/c18-12-6-5-11(9-19)14(7-12)15-8-17(21)20-10-16(15)22-13-3-1-2-4-13/h5-8,10,13H,1-4H2,(H,20,21). The zero-order valence-corrected chi connectivity index (χ0v) is 12.7. The van der Waals surface area contributed by atoms with Gasteiger partial charge in [-0.3, -0.25) is 4.79 Å². The number of nitrogens with one attached hydrogen (secondary N) is 1. The van der Waals surface area contributed by atoms with Crippen LogP contribution >= 0.6 is 11.6 Å². The number of benzene rings is 1. The van der Waals surface area contributed by atoms with Crippen molar-refractivity contribution in [1.82, 2.24) is 4.98 Å². The molecule has 0 bridgehead atoms. The number of nitrogens with zero attached hydrogens (tertiary/aromatic N) is 1. The summed E-state index contributed by atoms with van der Waals surface area (Å²) in [5.41, 5.74) is 1.45. The molecule has 1 aromatic carbocycles. The summed E-state index contributed by atoms with van der Waals surface area (Å²) in [6.07, 6.45) is 6.07. The largest absolute Gasteiger partial charge is 0.488 e. The van der Waals surface area contributed by atoms with E-state index < -0.39 is 0 Å². The molecule has 22 heavy (non-hydrogen) atoms. The molecule has 3 rings (SSSR count). The average Bonchev–Trinajstić information content (AvgIpc) is 3.02. The van der Waals surface area contributed by atoms with Gasteiger partial charge in [-0.2, -0.15) is 5.26 Å². The summed E-state index contributed by atoms with van der Waals surface area (Å²) in [6, 6.07) is 8.59. The van der Waals surface area contributed by atoms with Crippen LogP contribution in [-0.4, -0.2) is 11.1 Å². The Bertz CT molecular complexity index is 786. The molecule has 2 aromatic rings. The molecule has 112 valence electrons. The summed E-state index contributed by atoms with van der Waals surface area (Å²) >= 11 is 6.05. The summed E-state index contributed by atoms with van der Waals surface area (Å²) in [5, 5.41) is 9.81. The van der Waals surface area contributed by atoms with Crippen molar-refractivity contribution in [3.63, 3.8) is 0 Å². The van der Waals surface area contributed by atoms with Gasteiger partial charge in [0.15, 0.2) is 0 Å². The molecule has 0 spiro atoms. The third kappa shape index (κ3) is 3.00. The van der Waals surface area contributed by atoms with Crippen molar-refractivity contribution in [2.75, 3.05) is 0 Å². The van der Waals surface area contributed by atoms with Crippen LogP contribution < -0.4 is 10.3 Å². The molecule has 1 aliphatic carbocycles. The quantitative estimate of drug-likeness (QED) is 0.934. The van der Waals surface area contributed by atoms with Crippen molar-refractivity contribution < 1.29 is 4.74 Å². The van der Waals surface area contributed by atoms with Gasteiger partial charge < -0.3 is 9.72 Å². The van der Waals surface area contributed by atoms with Crippen LogP contribution in [0.1, 0.15) is 31.2 Å². The zero-order chi connectivity index (χ0) is 15.5. The van der Waals surface area contributed by atoms with E-state index in [0.29, 0.717) is 27.5 Å². The maximum atomic E-state index is 11.7. The SMILES string of the molecule is N#Cc1ccc(Cl)cc1-c1cc(=O)[nH]cc1OC1CCCC1. The Morgan fingerprint density at radius 3 is 2.73 bits per heavy atom. The third-order valence-electron chi connectivity index (χ3n) is 3.87. The average molecular weight is 315 g/mol. The minimum absolute atomic E-state index is 0.161. The van der Waals surface area contributed by atoms with Gasteiger partial charge in [-0.25, -0.2) is 0 Å². The summed E-state index contributed by atoms with van der Waals surface area (Å²) < 4.78 is 6.03. The van der Waals surface area contributed by atoms with Crippen LogP contribution in [0.3, 0.4) is 0 Å². The molecule has 5 heteroatoms. The van der Waals surface area contributed by atoms with Gasteiger partial charge in [0.25, 0.3) is 0 Å². The molecule has 0 atom stereocenters. The lowest BCUT2D eigenvalue weighted by Crippen LogP contribution is -2.14. The molecule has 1 saturated carbocycles. The van der Waals surface area contributed by atoms with Crippen molar-refractivity contribution in [2.24, 2.45) is 0 Å². The maximum Gasteiger partial charge on any atom is 0.248 e. The minimum Gasteiger partial charge on any atom is -0.488 e. The number of ether oxygens (including phenoxy) is 1. The van der Waals surface area contributed by atoms with Crippen LogP contribution in [0.4, 0.5) is 0 Å². The highest BCUT2D eigenvalue weighted by Gasteiger charge is 2.20. The van der Waals surface area contributed by atoms with Crippen molar-refractivity contribution in [3.8, 4) is 22.9 Å². The highest BCUT2D eigenvalue weighted by atomic mass is 35.5. The Morgan fingerprint density at radius 1 is 1.23 bits per heavy atom. The van der Waals surface area contributed by atoms with Crippen LogP contribution in [0.5, 0.6) is 5.75 Å². The van der Waals surface area contributed by atoms with Gasteiger partial charge in [-0.15, -0.1) is 0 Å². The first-order chi connectivity index (χ1) is 10.7. The molecule has 1 fully saturated rings. The van der Waals surface area contributed by atoms with Gasteiger partial charge in [0, 0.05) is 28.4 Å². The molecule has 0 unspecified atom stereocenters. The molecule has 1 aliphatic rings. The normalized spacial score (nSPS) is 14.7. The second-order valence-electron chi connectivity index (χ2n) is 5.40. The highest BCUT2D eigenvalue weighted by molar-refractivity contribution is 6.31. The first-order valence-corrected chi connectivity index (χ1v) is 7.64. The van der Waals surface area contributed by atoms with Crippen molar-refractivity contribution in [2.45, 2.75) is 31.8 Å². The highest BCUT2D eigenvalue weighted by Crippen LogP contribution is 2.34. The maximum absolute atomic E-state index is 11.7. The number of aromatic amines is 1. The molecule has 1 N–H and O–H groups in total. The molecule has 0 aliphatic heterocycles. The lowest BCUT2D eigenvalue weighted by atomic mass is 10.0. The number of hydrogen-bond donors (Lipinski definition) is 1. The Balaban J connectivity index is 2.09. The number of aromatic nitrogens is 1. The van der Waals surface area contributed by atoms with Crippen molar-refractivity contribution >= 4 is 11.6 Å². The van der Waals surface area contributed by atoms with Crippen LogP contribution in [0, 0.1) is 11.3 Å². The Morgan fingerprint density at radius 2 is 2.00 bits per heavy atom. The van der Waals surface area contributed by atoms with Gasteiger partial charge in [0.05, 0.1) is 17.7 Å². The van der Waals surface area contributed by atoms with Gasteiger partial charge in [-0.1, -0.05) is 11.6 Å². The van der Waals surface area contributed by atoms with Crippen LogP contribution in [0.15, 0.2) is 35.3 Å². The fourth-order valence-corrected chi connectivity index (χ4v) is 2.96. The predicted octanol–water partition coefficient (Wildman–Crippen LogP) is 3.89. The third-order valence-corrected chi connectivity index (χ3v) is 4.11. The smallest absolute Gasteiger partial charge is 0.248 e. The van der Waals surface area contributed by atoms with E-state index in [2.05, 4.69) is 11.1 Å². The second-order valence-corrected chi connectivity index (χ2v) is 5.84. The minimum atomic E-state index is -0.238. The number of pyridine rings is 1. The van der Waals surface area contributed by atoms with Gasteiger partial charge in [0.1, 0.15) is 5.75 Å². The fraction of sp³-hybridized carbons (Fsp3) is 0.294. The Hall–Kier alpha value is -2.25. The van der Waals surface area contributed by atoms with E-state index in [9.17, 15) is 10.1 Å². The number of nitriles is 1.